The van der Waals surface area contributed by atoms with Crippen molar-refractivity contribution >= 4 is 50.2 Å². The van der Waals surface area contributed by atoms with Crippen molar-refractivity contribution in [3.63, 3.8) is 0 Å². The lowest BCUT2D eigenvalue weighted by Crippen LogP contribution is -2.23. The first kappa shape index (κ1) is 16.3. The zero-order valence-electron chi connectivity index (χ0n) is 11.0. The molecular weight excluding hydrogens is 350 g/mol. The van der Waals surface area contributed by atoms with E-state index < -0.39 is 10.0 Å². The lowest BCUT2D eigenvalue weighted by atomic mass is 10.2. The molecule has 9 heteroatoms. The van der Waals surface area contributed by atoms with E-state index in [1.165, 1.54) is 29.5 Å². The maximum atomic E-state index is 12.2. The Morgan fingerprint density at radius 1 is 1.52 bits per heavy atom. The highest BCUT2D eigenvalue weighted by atomic mass is 35.5. The summed E-state index contributed by atoms with van der Waals surface area (Å²) in [5.74, 6) is 0. The molecule has 21 heavy (non-hydrogen) atoms. The molecule has 0 aliphatic carbocycles. The number of rotatable bonds is 5. The number of aromatic nitrogens is 1. The molecule has 112 valence electrons. The van der Waals surface area contributed by atoms with Gasteiger partial charge in [0.2, 0.25) is 10.0 Å². The largest absolute Gasteiger partial charge is 0.389 e. The van der Waals surface area contributed by atoms with Crippen LogP contribution >= 0.6 is 35.2 Å². The average molecular weight is 362 g/mol. The predicted octanol–water partition coefficient (Wildman–Crippen LogP) is 2.22. The summed E-state index contributed by atoms with van der Waals surface area (Å²) in [6.07, 6.45) is 1.69. The first-order valence-corrected chi connectivity index (χ1v) is 8.88. The van der Waals surface area contributed by atoms with Crippen LogP contribution < -0.4 is 10.5 Å². The predicted molar refractivity (Wildman–Crippen MR) is 88.2 cm³/mol. The molecule has 2 aromatic rings. The number of nitrogens with two attached hydrogens (primary N) is 1. The molecule has 1 aromatic heterocycles. The number of thiocarbonyl (C=S) groups is 1. The molecule has 0 fully saturated rings. The number of benzene rings is 1. The van der Waals surface area contributed by atoms with Crippen LogP contribution in [0.2, 0.25) is 5.02 Å². The molecule has 0 aliphatic heterocycles. The molecule has 1 heterocycles. The second kappa shape index (κ2) is 6.37. The van der Waals surface area contributed by atoms with E-state index in [1.807, 2.05) is 6.92 Å². The molecule has 0 radical (unpaired) electrons. The molecule has 0 bridgehead atoms. The summed E-state index contributed by atoms with van der Waals surface area (Å²) in [6.45, 7) is 2.02. The van der Waals surface area contributed by atoms with Crippen LogP contribution in [0.3, 0.4) is 0 Å². The summed E-state index contributed by atoms with van der Waals surface area (Å²) in [7, 11) is -3.72. The van der Waals surface area contributed by atoms with Gasteiger partial charge in [0.1, 0.15) is 14.9 Å². The van der Waals surface area contributed by atoms with Gasteiger partial charge in [-0.15, -0.1) is 11.3 Å². The van der Waals surface area contributed by atoms with Gasteiger partial charge in [-0.25, -0.2) is 18.1 Å². The number of nitrogens with one attached hydrogen (secondary N) is 1. The summed E-state index contributed by atoms with van der Waals surface area (Å²) in [4.78, 5) is 5.26. The first-order valence-electron chi connectivity index (χ1n) is 5.80. The molecule has 1 aromatic carbocycles. The Kier molecular flexibility index (Phi) is 4.95. The Balaban J connectivity index is 2.21. The molecule has 0 saturated carbocycles. The fraction of sp³-hybridized carbons (Fsp3) is 0.167. The number of hydrogen-bond donors (Lipinski definition) is 2. The summed E-state index contributed by atoms with van der Waals surface area (Å²) < 4.78 is 26.9. The van der Waals surface area contributed by atoms with E-state index in [0.29, 0.717) is 10.6 Å². The number of thiazole rings is 1. The number of nitrogens with zero attached hydrogens (tertiary/aromatic N) is 1. The van der Waals surface area contributed by atoms with Gasteiger partial charge in [0.15, 0.2) is 0 Å². The van der Waals surface area contributed by atoms with Crippen molar-refractivity contribution < 1.29 is 8.42 Å². The maximum absolute atomic E-state index is 12.2. The smallest absolute Gasteiger partial charge is 0.242 e. The number of halogens is 1. The van der Waals surface area contributed by atoms with Crippen LogP contribution in [-0.4, -0.2) is 18.4 Å². The van der Waals surface area contributed by atoms with Gasteiger partial charge in [-0.05, 0) is 19.1 Å². The monoisotopic (exact) mass is 361 g/mol. The van der Waals surface area contributed by atoms with Crippen molar-refractivity contribution in [1.82, 2.24) is 9.71 Å². The standard InChI is InChI=1S/C12H12ClN3O2S3/c1-7-5-15-11(20-7)6-16-21(17,18)10-3-2-8(12(14)19)4-9(10)13/h2-5,16H,6H2,1H3,(H2,14,19). The maximum Gasteiger partial charge on any atom is 0.242 e. The van der Waals surface area contributed by atoms with Crippen molar-refractivity contribution in [2.24, 2.45) is 5.73 Å². The first-order chi connectivity index (χ1) is 9.79. The van der Waals surface area contributed by atoms with Crippen LogP contribution in [0.15, 0.2) is 29.3 Å². The Morgan fingerprint density at radius 3 is 2.76 bits per heavy atom. The van der Waals surface area contributed by atoms with Crippen LogP contribution in [0.5, 0.6) is 0 Å². The van der Waals surface area contributed by atoms with E-state index in [0.717, 1.165) is 4.88 Å². The van der Waals surface area contributed by atoms with Crippen LogP contribution in [0.25, 0.3) is 0 Å². The molecular formula is C12H12ClN3O2S3. The van der Waals surface area contributed by atoms with Gasteiger partial charge in [-0.2, -0.15) is 0 Å². The van der Waals surface area contributed by atoms with E-state index >= 15 is 0 Å². The van der Waals surface area contributed by atoms with Gasteiger partial charge in [-0.3, -0.25) is 0 Å². The third kappa shape index (κ3) is 3.98. The second-order valence-electron chi connectivity index (χ2n) is 4.20. The Morgan fingerprint density at radius 2 is 2.24 bits per heavy atom. The van der Waals surface area contributed by atoms with Crippen molar-refractivity contribution in [2.45, 2.75) is 18.4 Å². The molecule has 0 saturated heterocycles. The van der Waals surface area contributed by atoms with Gasteiger partial charge in [0.05, 0.1) is 11.6 Å². The Bertz CT molecular complexity index is 787. The SMILES string of the molecule is Cc1cnc(CNS(=O)(=O)c2ccc(C(N)=S)cc2Cl)s1. The molecule has 5 nitrogen and oxygen atoms in total. The average Bonchev–Trinajstić information content (AvgIpc) is 2.82. The minimum absolute atomic E-state index is 0.0163. The Hall–Kier alpha value is -1.06. The van der Waals surface area contributed by atoms with Crippen LogP contribution in [-0.2, 0) is 16.6 Å². The normalized spacial score (nSPS) is 11.5. The van der Waals surface area contributed by atoms with E-state index in [4.69, 9.17) is 29.6 Å². The van der Waals surface area contributed by atoms with Crippen molar-refractivity contribution in [3.8, 4) is 0 Å². The number of sulfonamides is 1. The third-order valence-corrected chi connectivity index (χ3v) is 5.62. The molecule has 2 rings (SSSR count). The fourth-order valence-electron chi connectivity index (χ4n) is 1.59. The second-order valence-corrected chi connectivity index (χ2v) is 8.10. The molecule has 0 atom stereocenters. The van der Waals surface area contributed by atoms with E-state index in [9.17, 15) is 8.42 Å². The molecule has 3 N–H and O–H groups in total. The quantitative estimate of drug-likeness (QED) is 0.797. The summed E-state index contributed by atoms with van der Waals surface area (Å²) >= 11 is 12.2. The molecule has 0 unspecified atom stereocenters. The van der Waals surface area contributed by atoms with Gasteiger partial charge in [0.25, 0.3) is 0 Å². The molecule has 0 spiro atoms. The Labute approximate surface area is 137 Å². The number of aryl methyl sites for hydroxylation is 1. The van der Waals surface area contributed by atoms with Crippen molar-refractivity contribution in [1.29, 1.82) is 0 Å². The van der Waals surface area contributed by atoms with E-state index in [-0.39, 0.29) is 21.5 Å². The minimum atomic E-state index is -3.72. The minimum Gasteiger partial charge on any atom is -0.389 e. The van der Waals surface area contributed by atoms with E-state index in [2.05, 4.69) is 9.71 Å². The lowest BCUT2D eigenvalue weighted by molar-refractivity contribution is 0.581. The number of hydrogen-bond acceptors (Lipinski definition) is 5. The zero-order chi connectivity index (χ0) is 15.6. The fourth-order valence-corrected chi connectivity index (χ4v) is 4.07. The van der Waals surface area contributed by atoms with Gasteiger partial charge < -0.3 is 5.73 Å². The summed E-state index contributed by atoms with van der Waals surface area (Å²) in [5, 5.41) is 0.759. The topological polar surface area (TPSA) is 85.1 Å². The molecule has 0 amide bonds. The third-order valence-electron chi connectivity index (χ3n) is 2.59. The zero-order valence-corrected chi connectivity index (χ0v) is 14.2. The van der Waals surface area contributed by atoms with Crippen LogP contribution in [0, 0.1) is 6.92 Å². The highest BCUT2D eigenvalue weighted by molar-refractivity contribution is 7.89. The van der Waals surface area contributed by atoms with Gasteiger partial charge in [-0.1, -0.05) is 29.9 Å². The van der Waals surface area contributed by atoms with E-state index in [1.54, 1.807) is 6.20 Å². The van der Waals surface area contributed by atoms with Crippen LogP contribution in [0.4, 0.5) is 0 Å². The van der Waals surface area contributed by atoms with Gasteiger partial charge in [0, 0.05) is 16.6 Å². The summed E-state index contributed by atoms with van der Waals surface area (Å²) in [5.41, 5.74) is 6.00. The van der Waals surface area contributed by atoms with Gasteiger partial charge >= 0.3 is 0 Å². The molecule has 0 aliphatic rings. The highest BCUT2D eigenvalue weighted by Gasteiger charge is 2.18. The van der Waals surface area contributed by atoms with Crippen molar-refractivity contribution in [2.75, 3.05) is 0 Å². The highest BCUT2D eigenvalue weighted by Crippen LogP contribution is 2.23. The van der Waals surface area contributed by atoms with Crippen LogP contribution in [0.1, 0.15) is 15.4 Å². The lowest BCUT2D eigenvalue weighted by Gasteiger charge is -2.08. The van der Waals surface area contributed by atoms with Crippen molar-refractivity contribution in [3.05, 3.63) is 44.9 Å². The summed E-state index contributed by atoms with van der Waals surface area (Å²) in [6, 6.07) is 4.34.